The highest BCUT2D eigenvalue weighted by molar-refractivity contribution is 5.74. The Morgan fingerprint density at radius 1 is 0.966 bits per heavy atom. The van der Waals surface area contributed by atoms with Gasteiger partial charge in [0.25, 0.3) is 0 Å². The molecule has 2 aromatic carbocycles. The van der Waals surface area contributed by atoms with Gasteiger partial charge in [0.15, 0.2) is 0 Å². The highest BCUT2D eigenvalue weighted by atomic mass is 16.5. The number of carbonyl (C=O) groups is 1. The molecule has 6 heteroatoms. The monoisotopic (exact) mass is 394 g/mol. The molecule has 2 aliphatic heterocycles. The number of carbonyl (C=O) groups excluding carboxylic acids is 1. The van der Waals surface area contributed by atoms with Crippen molar-refractivity contribution in [2.24, 2.45) is 0 Å². The number of anilines is 2. The van der Waals surface area contributed by atoms with Crippen LogP contribution < -0.4 is 19.9 Å². The number of urea groups is 1. The van der Waals surface area contributed by atoms with Crippen LogP contribution in [0.2, 0.25) is 0 Å². The zero-order valence-electron chi connectivity index (χ0n) is 17.1. The van der Waals surface area contributed by atoms with Crippen molar-refractivity contribution in [1.29, 1.82) is 0 Å². The van der Waals surface area contributed by atoms with E-state index in [0.29, 0.717) is 6.54 Å². The fraction of sp³-hybridized carbons (Fsp3) is 0.435. The van der Waals surface area contributed by atoms with Crippen LogP contribution in [0.3, 0.4) is 0 Å². The van der Waals surface area contributed by atoms with Gasteiger partial charge in [-0.15, -0.1) is 0 Å². The number of amides is 2. The number of methoxy groups -OCH3 is 1. The molecule has 4 rings (SSSR count). The molecular formula is C23H30N4O2. The molecule has 6 nitrogen and oxygen atoms in total. The SMILES string of the molecule is COc1ccccc1N1CCN(C(=O)NCCCN2CCc3ccccc32)CC1. The zero-order chi connectivity index (χ0) is 20.1. The molecule has 2 aliphatic rings. The second kappa shape index (κ2) is 9.07. The maximum Gasteiger partial charge on any atom is 0.317 e. The average Bonchev–Trinajstić information content (AvgIpc) is 3.20. The van der Waals surface area contributed by atoms with Gasteiger partial charge in [-0.25, -0.2) is 4.79 Å². The third kappa shape index (κ3) is 4.42. The lowest BCUT2D eigenvalue weighted by atomic mass is 10.2. The Bertz CT molecular complexity index is 833. The van der Waals surface area contributed by atoms with Crippen molar-refractivity contribution >= 4 is 17.4 Å². The van der Waals surface area contributed by atoms with Gasteiger partial charge in [0.05, 0.1) is 12.8 Å². The van der Waals surface area contributed by atoms with E-state index in [1.54, 1.807) is 7.11 Å². The van der Waals surface area contributed by atoms with Crippen molar-refractivity contribution in [3.05, 3.63) is 54.1 Å². The molecule has 0 bridgehead atoms. The van der Waals surface area contributed by atoms with Crippen LogP contribution in [0.25, 0.3) is 0 Å². The number of benzene rings is 2. The summed E-state index contributed by atoms with van der Waals surface area (Å²) in [6.07, 6.45) is 2.08. The standard InChI is InChI=1S/C23H30N4O2/c1-29-22-10-5-4-9-21(22)26-15-17-27(18-16-26)23(28)24-12-6-13-25-14-11-19-7-2-3-8-20(19)25/h2-5,7-10H,6,11-18H2,1H3,(H,24,28). The topological polar surface area (TPSA) is 48.1 Å². The van der Waals surface area contributed by atoms with Gasteiger partial charge < -0.3 is 24.8 Å². The second-order valence-corrected chi connectivity index (χ2v) is 7.60. The summed E-state index contributed by atoms with van der Waals surface area (Å²) in [5.74, 6) is 0.883. The van der Waals surface area contributed by atoms with Crippen molar-refractivity contribution in [2.45, 2.75) is 12.8 Å². The van der Waals surface area contributed by atoms with Gasteiger partial charge >= 0.3 is 6.03 Å². The third-order valence-electron chi connectivity index (χ3n) is 5.86. The van der Waals surface area contributed by atoms with E-state index in [4.69, 9.17) is 4.74 Å². The molecule has 0 aliphatic carbocycles. The van der Waals surface area contributed by atoms with Crippen LogP contribution in [0.15, 0.2) is 48.5 Å². The Kier molecular flexibility index (Phi) is 6.08. The van der Waals surface area contributed by atoms with Crippen molar-refractivity contribution in [1.82, 2.24) is 10.2 Å². The predicted octanol–water partition coefficient (Wildman–Crippen LogP) is 2.98. The lowest BCUT2D eigenvalue weighted by Gasteiger charge is -2.36. The number of nitrogens with one attached hydrogen (secondary N) is 1. The van der Waals surface area contributed by atoms with Gasteiger partial charge in [-0.2, -0.15) is 0 Å². The number of fused-ring (bicyclic) bond motifs is 1. The minimum absolute atomic E-state index is 0.0477. The first-order valence-corrected chi connectivity index (χ1v) is 10.5. The van der Waals surface area contributed by atoms with E-state index in [-0.39, 0.29) is 6.03 Å². The smallest absolute Gasteiger partial charge is 0.317 e. The molecule has 0 saturated carbocycles. The highest BCUT2D eigenvalue weighted by Crippen LogP contribution is 2.28. The van der Waals surface area contributed by atoms with Gasteiger partial charge in [0.1, 0.15) is 5.75 Å². The molecule has 1 fully saturated rings. The molecular weight excluding hydrogens is 364 g/mol. The van der Waals surface area contributed by atoms with E-state index in [0.717, 1.165) is 63.5 Å². The summed E-state index contributed by atoms with van der Waals surface area (Å²) in [5, 5.41) is 3.09. The molecule has 0 radical (unpaired) electrons. The molecule has 0 atom stereocenters. The van der Waals surface area contributed by atoms with Crippen LogP contribution in [-0.2, 0) is 6.42 Å². The minimum atomic E-state index is 0.0477. The van der Waals surface area contributed by atoms with Gasteiger partial charge in [-0.3, -0.25) is 0 Å². The van der Waals surface area contributed by atoms with Gasteiger partial charge in [0.2, 0.25) is 0 Å². The summed E-state index contributed by atoms with van der Waals surface area (Å²) < 4.78 is 5.46. The van der Waals surface area contributed by atoms with Crippen LogP contribution in [0.1, 0.15) is 12.0 Å². The number of rotatable bonds is 6. The summed E-state index contributed by atoms with van der Waals surface area (Å²) in [6.45, 7) is 5.87. The minimum Gasteiger partial charge on any atom is -0.495 e. The quantitative estimate of drug-likeness (QED) is 0.766. The maximum atomic E-state index is 12.5. The molecule has 1 N–H and O–H groups in total. The molecule has 2 amide bonds. The van der Waals surface area contributed by atoms with Crippen molar-refractivity contribution in [3.63, 3.8) is 0 Å². The number of hydrogen-bond donors (Lipinski definition) is 1. The largest absolute Gasteiger partial charge is 0.495 e. The van der Waals surface area contributed by atoms with Crippen LogP contribution in [0.5, 0.6) is 5.75 Å². The normalized spacial score (nSPS) is 16.0. The summed E-state index contributed by atoms with van der Waals surface area (Å²) in [7, 11) is 1.70. The first-order valence-electron chi connectivity index (χ1n) is 10.5. The third-order valence-corrected chi connectivity index (χ3v) is 5.86. The molecule has 2 heterocycles. The summed E-state index contributed by atoms with van der Waals surface area (Å²) in [6, 6.07) is 16.7. The lowest BCUT2D eigenvalue weighted by Crippen LogP contribution is -2.52. The fourth-order valence-corrected chi connectivity index (χ4v) is 4.26. The fourth-order valence-electron chi connectivity index (χ4n) is 4.26. The van der Waals surface area contributed by atoms with Crippen molar-refractivity contribution in [2.75, 3.05) is 62.7 Å². The van der Waals surface area contributed by atoms with Crippen LogP contribution >= 0.6 is 0 Å². The van der Waals surface area contributed by atoms with Crippen molar-refractivity contribution in [3.8, 4) is 5.75 Å². The zero-order valence-corrected chi connectivity index (χ0v) is 17.1. The van der Waals surface area contributed by atoms with E-state index >= 15 is 0 Å². The van der Waals surface area contributed by atoms with Crippen LogP contribution in [0.4, 0.5) is 16.2 Å². The number of hydrogen-bond acceptors (Lipinski definition) is 4. The molecule has 2 aromatic rings. The Morgan fingerprint density at radius 3 is 2.48 bits per heavy atom. The molecule has 1 saturated heterocycles. The first kappa shape index (κ1) is 19.4. The highest BCUT2D eigenvalue weighted by Gasteiger charge is 2.23. The number of piperazine rings is 1. The first-order chi connectivity index (χ1) is 14.3. The van der Waals surface area contributed by atoms with E-state index < -0.39 is 0 Å². The van der Waals surface area contributed by atoms with E-state index in [9.17, 15) is 4.79 Å². The average molecular weight is 395 g/mol. The summed E-state index contributed by atoms with van der Waals surface area (Å²) in [5.41, 5.74) is 3.89. The van der Waals surface area contributed by atoms with Gasteiger partial charge in [-0.1, -0.05) is 30.3 Å². The Balaban J connectivity index is 1.19. The molecule has 0 aromatic heterocycles. The van der Waals surface area contributed by atoms with E-state index in [1.165, 1.54) is 11.3 Å². The second-order valence-electron chi connectivity index (χ2n) is 7.60. The maximum absolute atomic E-state index is 12.5. The molecule has 154 valence electrons. The molecule has 0 spiro atoms. The summed E-state index contributed by atoms with van der Waals surface area (Å²) >= 11 is 0. The molecule has 0 unspecified atom stereocenters. The Morgan fingerprint density at radius 2 is 1.69 bits per heavy atom. The van der Waals surface area contributed by atoms with E-state index in [2.05, 4.69) is 45.4 Å². The number of para-hydroxylation sites is 3. The Labute approximate surface area is 173 Å². The van der Waals surface area contributed by atoms with Crippen LogP contribution in [-0.4, -0.2) is 63.9 Å². The van der Waals surface area contributed by atoms with Crippen molar-refractivity contribution < 1.29 is 9.53 Å². The predicted molar refractivity (Wildman–Crippen MR) is 117 cm³/mol. The molecule has 29 heavy (non-hydrogen) atoms. The van der Waals surface area contributed by atoms with Gasteiger partial charge in [-0.05, 0) is 36.6 Å². The number of nitrogens with zero attached hydrogens (tertiary/aromatic N) is 3. The lowest BCUT2D eigenvalue weighted by molar-refractivity contribution is 0.194. The number of ether oxygens (including phenoxy) is 1. The van der Waals surface area contributed by atoms with Gasteiger partial charge in [0, 0.05) is 51.5 Å². The Hall–Kier alpha value is -2.89. The van der Waals surface area contributed by atoms with Crippen LogP contribution in [0, 0.1) is 0 Å². The van der Waals surface area contributed by atoms with E-state index in [1.807, 2.05) is 23.1 Å². The summed E-state index contributed by atoms with van der Waals surface area (Å²) in [4.78, 5) is 19.1.